The molecule has 0 aliphatic carbocycles. The maximum atomic E-state index is 13.5. The van der Waals surface area contributed by atoms with Gasteiger partial charge in [-0.15, -0.1) is 0 Å². The summed E-state index contributed by atoms with van der Waals surface area (Å²) in [6.07, 6.45) is -0.0000123. The Labute approximate surface area is 81.4 Å². The van der Waals surface area contributed by atoms with Gasteiger partial charge in [0.15, 0.2) is 0 Å². The van der Waals surface area contributed by atoms with Crippen LogP contribution in [-0.4, -0.2) is 4.98 Å². The molecule has 0 spiro atoms. The minimum absolute atomic E-state index is 0.162. The third-order valence-electron chi connectivity index (χ3n) is 1.86. The molecule has 0 N–H and O–H groups in total. The molecule has 4 heteroatoms. The summed E-state index contributed by atoms with van der Waals surface area (Å²) in [6, 6.07) is 6.47. The van der Waals surface area contributed by atoms with E-state index in [0.717, 1.165) is 0 Å². The summed E-state index contributed by atoms with van der Waals surface area (Å²) in [5.41, 5.74) is 0.487. The van der Waals surface area contributed by atoms with E-state index < -0.39 is 12.1 Å². The number of hydrogen-bond acceptors (Lipinski definition) is 3. The number of hydrogen-bond donors (Lipinski definition) is 0. The van der Waals surface area contributed by atoms with Gasteiger partial charge in [-0.3, -0.25) is 0 Å². The minimum atomic E-state index is -1.37. The average Bonchev–Trinajstić information content (AvgIpc) is 2.27. The van der Waals surface area contributed by atoms with E-state index in [4.69, 9.17) is 10.5 Å². The van der Waals surface area contributed by atoms with Crippen LogP contribution in [-0.2, 0) is 0 Å². The van der Waals surface area contributed by atoms with Crippen LogP contribution in [0.15, 0.2) is 18.3 Å². The number of halogens is 1. The lowest BCUT2D eigenvalue weighted by Gasteiger charge is -2.09. The third kappa shape index (κ3) is 2.05. The van der Waals surface area contributed by atoms with Crippen molar-refractivity contribution in [2.45, 2.75) is 13.1 Å². The van der Waals surface area contributed by atoms with E-state index in [9.17, 15) is 4.39 Å². The number of aromatic nitrogens is 1. The largest absolute Gasteiger partial charge is 0.246 e. The van der Waals surface area contributed by atoms with Crippen LogP contribution in [0.2, 0.25) is 0 Å². The fourth-order valence-corrected chi connectivity index (χ4v) is 1.03. The van der Waals surface area contributed by atoms with E-state index in [1.165, 1.54) is 25.3 Å². The van der Waals surface area contributed by atoms with Gasteiger partial charge in [-0.05, 0) is 24.6 Å². The van der Waals surface area contributed by atoms with Gasteiger partial charge in [-0.25, -0.2) is 9.37 Å². The predicted molar refractivity (Wildman–Crippen MR) is 47.6 cm³/mol. The van der Waals surface area contributed by atoms with Crippen molar-refractivity contribution in [1.82, 2.24) is 4.98 Å². The molecular formula is C10H8FN3. The van der Waals surface area contributed by atoms with Gasteiger partial charge in [0.05, 0.1) is 12.0 Å². The van der Waals surface area contributed by atoms with Gasteiger partial charge in [-0.1, -0.05) is 0 Å². The quantitative estimate of drug-likeness (QED) is 0.715. The van der Waals surface area contributed by atoms with E-state index in [1.807, 2.05) is 12.1 Å². The Hall–Kier alpha value is -1.94. The van der Waals surface area contributed by atoms with Crippen molar-refractivity contribution < 1.29 is 4.39 Å². The molecule has 3 nitrogen and oxygen atoms in total. The lowest BCUT2D eigenvalue weighted by molar-refractivity contribution is 0.287. The fraction of sp³-hybridized carbons (Fsp3) is 0.300. The van der Waals surface area contributed by atoms with Gasteiger partial charge in [0.1, 0.15) is 17.9 Å². The van der Waals surface area contributed by atoms with Crippen molar-refractivity contribution in [3.05, 3.63) is 29.6 Å². The first-order chi connectivity index (χ1) is 6.69. The van der Waals surface area contributed by atoms with Crippen LogP contribution >= 0.6 is 0 Å². The molecule has 0 saturated heterocycles. The minimum Gasteiger partial charge on any atom is -0.246 e. The molecule has 0 fully saturated rings. The van der Waals surface area contributed by atoms with Gasteiger partial charge in [0.2, 0.25) is 0 Å². The molecule has 1 aromatic rings. The monoisotopic (exact) mass is 189 g/mol. The highest BCUT2D eigenvalue weighted by molar-refractivity contribution is 5.27. The molecule has 1 heterocycles. The van der Waals surface area contributed by atoms with E-state index in [2.05, 4.69) is 4.98 Å². The molecule has 0 saturated carbocycles. The lowest BCUT2D eigenvalue weighted by atomic mass is 10.0. The number of nitriles is 2. The predicted octanol–water partition coefficient (Wildman–Crippen LogP) is 2.12. The number of rotatable bonds is 2. The molecular weight excluding hydrogens is 181 g/mol. The van der Waals surface area contributed by atoms with Crippen LogP contribution in [0, 0.1) is 28.6 Å². The van der Waals surface area contributed by atoms with Gasteiger partial charge in [0, 0.05) is 6.20 Å². The van der Waals surface area contributed by atoms with Gasteiger partial charge in [0.25, 0.3) is 0 Å². The molecule has 0 aliphatic rings. The van der Waals surface area contributed by atoms with Crippen molar-refractivity contribution in [2.75, 3.05) is 0 Å². The van der Waals surface area contributed by atoms with E-state index >= 15 is 0 Å². The highest BCUT2D eigenvalue weighted by Gasteiger charge is 2.18. The van der Waals surface area contributed by atoms with Crippen molar-refractivity contribution in [3.8, 4) is 12.1 Å². The summed E-state index contributed by atoms with van der Waals surface area (Å²) in [4.78, 5) is 3.71. The summed E-state index contributed by atoms with van der Waals surface area (Å²) in [6.45, 7) is 1.50. The molecule has 14 heavy (non-hydrogen) atoms. The summed E-state index contributed by atoms with van der Waals surface area (Å²) >= 11 is 0. The van der Waals surface area contributed by atoms with Crippen molar-refractivity contribution >= 4 is 0 Å². The van der Waals surface area contributed by atoms with Gasteiger partial charge < -0.3 is 0 Å². The number of alkyl halides is 1. The second-order valence-corrected chi connectivity index (χ2v) is 2.91. The van der Waals surface area contributed by atoms with Gasteiger partial charge >= 0.3 is 0 Å². The first-order valence-corrected chi connectivity index (χ1v) is 4.08. The molecule has 0 bridgehead atoms. The highest BCUT2D eigenvalue weighted by Crippen LogP contribution is 2.25. The zero-order valence-electron chi connectivity index (χ0n) is 7.61. The molecule has 0 aliphatic heterocycles. The maximum Gasteiger partial charge on any atom is 0.141 e. The highest BCUT2D eigenvalue weighted by atomic mass is 19.1. The first-order valence-electron chi connectivity index (χ1n) is 4.08. The standard InChI is InChI=1S/C10H8FN3/c1-7(5-12)10(11)8-2-3-14-9(4-8)6-13/h2-4,7,10H,1H3. The summed E-state index contributed by atoms with van der Waals surface area (Å²) in [5.74, 6) is -0.719. The lowest BCUT2D eigenvalue weighted by Crippen LogP contribution is -2.02. The molecule has 0 amide bonds. The third-order valence-corrected chi connectivity index (χ3v) is 1.86. The first kappa shape index (κ1) is 10.1. The van der Waals surface area contributed by atoms with Crippen LogP contribution in [0.1, 0.15) is 24.4 Å². The Kier molecular flexibility index (Phi) is 3.14. The molecule has 2 unspecified atom stereocenters. The molecule has 1 aromatic heterocycles. The van der Waals surface area contributed by atoms with Crippen LogP contribution in [0.25, 0.3) is 0 Å². The smallest absolute Gasteiger partial charge is 0.141 e. The van der Waals surface area contributed by atoms with Crippen molar-refractivity contribution in [3.63, 3.8) is 0 Å². The average molecular weight is 189 g/mol. The Balaban J connectivity index is 2.98. The van der Waals surface area contributed by atoms with Crippen LogP contribution in [0.5, 0.6) is 0 Å². The molecule has 1 rings (SSSR count). The second-order valence-electron chi connectivity index (χ2n) is 2.91. The topological polar surface area (TPSA) is 60.5 Å². The Morgan fingerprint density at radius 1 is 1.50 bits per heavy atom. The summed E-state index contributed by atoms with van der Waals surface area (Å²) < 4.78 is 13.5. The Bertz CT molecular complexity index is 403. The van der Waals surface area contributed by atoms with E-state index in [0.29, 0.717) is 5.56 Å². The van der Waals surface area contributed by atoms with Crippen molar-refractivity contribution in [2.24, 2.45) is 5.92 Å². The number of pyridine rings is 1. The molecule has 0 aromatic carbocycles. The normalized spacial score (nSPS) is 13.7. The Morgan fingerprint density at radius 3 is 2.79 bits per heavy atom. The zero-order valence-corrected chi connectivity index (χ0v) is 7.61. The maximum absolute atomic E-state index is 13.5. The van der Waals surface area contributed by atoms with Gasteiger partial charge in [-0.2, -0.15) is 10.5 Å². The van der Waals surface area contributed by atoms with Crippen LogP contribution in [0.3, 0.4) is 0 Å². The van der Waals surface area contributed by atoms with Crippen molar-refractivity contribution in [1.29, 1.82) is 10.5 Å². The summed E-state index contributed by atoms with van der Waals surface area (Å²) in [5, 5.41) is 17.1. The number of nitrogens with zero attached hydrogens (tertiary/aromatic N) is 3. The molecule has 70 valence electrons. The fourth-order valence-electron chi connectivity index (χ4n) is 1.03. The van der Waals surface area contributed by atoms with E-state index in [1.54, 1.807) is 0 Å². The van der Waals surface area contributed by atoms with Crippen LogP contribution < -0.4 is 0 Å². The molecule has 2 atom stereocenters. The van der Waals surface area contributed by atoms with Crippen LogP contribution in [0.4, 0.5) is 4.39 Å². The summed E-state index contributed by atoms with van der Waals surface area (Å²) in [7, 11) is 0. The SMILES string of the molecule is CC(C#N)C(F)c1ccnc(C#N)c1. The molecule has 0 radical (unpaired) electrons. The second kappa shape index (κ2) is 4.34. The Morgan fingerprint density at radius 2 is 2.21 bits per heavy atom. The zero-order chi connectivity index (χ0) is 10.6. The van der Waals surface area contributed by atoms with E-state index in [-0.39, 0.29) is 5.69 Å².